The van der Waals surface area contributed by atoms with Crippen molar-refractivity contribution in [2.45, 2.75) is 12.8 Å². The maximum atomic E-state index is 6.06. The molecule has 7 rings (SSSR count). The Labute approximate surface area is 230 Å². The number of nitrogen functional groups attached to an aromatic ring is 1. The number of fused-ring (bicyclic) bond motifs is 3. The van der Waals surface area contributed by atoms with Crippen molar-refractivity contribution >= 4 is 33.7 Å². The summed E-state index contributed by atoms with van der Waals surface area (Å²) in [5.74, 6) is 0. The van der Waals surface area contributed by atoms with Crippen molar-refractivity contribution in [2.75, 3.05) is 5.73 Å². The second-order valence-electron chi connectivity index (χ2n) is 10.3. The maximum Gasteiger partial charge on any atom is 0.0387 e. The van der Waals surface area contributed by atoms with Crippen LogP contribution < -0.4 is 5.73 Å². The van der Waals surface area contributed by atoms with Gasteiger partial charge in [-0.1, -0.05) is 134 Å². The zero-order valence-electron chi connectivity index (χ0n) is 21.8. The van der Waals surface area contributed by atoms with Crippen LogP contribution in [0.15, 0.2) is 134 Å². The molecule has 0 unspecified atom stereocenters. The number of hydrogen-bond donors (Lipinski definition) is 1. The van der Waals surface area contributed by atoms with E-state index in [2.05, 4.69) is 115 Å². The van der Waals surface area contributed by atoms with Crippen LogP contribution in [0.4, 0.5) is 5.69 Å². The predicted octanol–water partition coefficient (Wildman–Crippen LogP) is 9.75. The van der Waals surface area contributed by atoms with Crippen molar-refractivity contribution < 1.29 is 0 Å². The number of hydrogen-bond acceptors (Lipinski definition) is 1. The highest BCUT2D eigenvalue weighted by atomic mass is 14.5. The first-order chi connectivity index (χ1) is 19.3. The van der Waals surface area contributed by atoms with Crippen molar-refractivity contribution in [2.24, 2.45) is 0 Å². The lowest BCUT2D eigenvalue weighted by Crippen LogP contribution is -1.88. The zero-order chi connectivity index (χ0) is 26.2. The summed E-state index contributed by atoms with van der Waals surface area (Å²) in [5, 5.41) is 2.70. The van der Waals surface area contributed by atoms with Crippen LogP contribution in [0.3, 0.4) is 0 Å². The van der Waals surface area contributed by atoms with Gasteiger partial charge in [0.25, 0.3) is 0 Å². The fraction of sp³-hybridized carbons (Fsp3) is 0.0526. The van der Waals surface area contributed by atoms with E-state index in [1.165, 1.54) is 60.9 Å². The van der Waals surface area contributed by atoms with Gasteiger partial charge in [0, 0.05) is 5.69 Å². The van der Waals surface area contributed by atoms with Crippen LogP contribution in [0.2, 0.25) is 0 Å². The molecule has 0 radical (unpaired) electrons. The van der Waals surface area contributed by atoms with Crippen molar-refractivity contribution in [1.29, 1.82) is 0 Å². The minimum atomic E-state index is 0.812. The SMILES string of the molecule is Nc1ccccc1/C=C\Cc1ccc(C2=CC=C(c3ccc4c5c(cccc35)-c3ccccc3-4)C=CC2)cc1. The quantitative estimate of drug-likeness (QED) is 0.235. The number of nitrogens with two attached hydrogens (primary N) is 1. The van der Waals surface area contributed by atoms with E-state index >= 15 is 0 Å². The first-order valence-corrected chi connectivity index (χ1v) is 13.6. The maximum absolute atomic E-state index is 6.06. The molecule has 2 N–H and O–H groups in total. The molecule has 5 aromatic rings. The Morgan fingerprint density at radius 1 is 0.641 bits per heavy atom. The van der Waals surface area contributed by atoms with Gasteiger partial charge in [-0.3, -0.25) is 0 Å². The molecule has 0 saturated heterocycles. The Morgan fingerprint density at radius 3 is 2.18 bits per heavy atom. The molecule has 0 aliphatic heterocycles. The second kappa shape index (κ2) is 9.78. The van der Waals surface area contributed by atoms with Gasteiger partial charge in [0.15, 0.2) is 0 Å². The monoisotopic (exact) mass is 499 g/mol. The van der Waals surface area contributed by atoms with E-state index in [1.807, 2.05) is 24.3 Å². The van der Waals surface area contributed by atoms with Crippen molar-refractivity contribution in [3.8, 4) is 22.3 Å². The van der Waals surface area contributed by atoms with E-state index < -0.39 is 0 Å². The summed E-state index contributed by atoms with van der Waals surface area (Å²) < 4.78 is 0. The number of benzene rings is 5. The molecule has 1 heteroatoms. The van der Waals surface area contributed by atoms with Gasteiger partial charge in [-0.25, -0.2) is 0 Å². The number of allylic oxidation sites excluding steroid dienone is 7. The molecule has 0 spiro atoms. The van der Waals surface area contributed by atoms with Crippen LogP contribution in [0.1, 0.15) is 28.7 Å². The third-order valence-electron chi connectivity index (χ3n) is 7.93. The molecule has 39 heavy (non-hydrogen) atoms. The fourth-order valence-electron chi connectivity index (χ4n) is 5.92. The highest BCUT2D eigenvalue weighted by Crippen LogP contribution is 2.48. The van der Waals surface area contributed by atoms with E-state index in [0.717, 1.165) is 24.1 Å². The molecular formula is C38H29N. The Balaban J connectivity index is 1.15. The highest BCUT2D eigenvalue weighted by molar-refractivity contribution is 6.17. The van der Waals surface area contributed by atoms with E-state index in [1.54, 1.807) is 0 Å². The summed E-state index contributed by atoms with van der Waals surface area (Å²) in [5.41, 5.74) is 19.7. The van der Waals surface area contributed by atoms with Crippen molar-refractivity contribution in [3.05, 3.63) is 156 Å². The molecule has 0 bridgehead atoms. The van der Waals surface area contributed by atoms with Crippen LogP contribution in [0.25, 0.3) is 50.2 Å². The summed E-state index contributed by atoms with van der Waals surface area (Å²) in [4.78, 5) is 0. The van der Waals surface area contributed by atoms with E-state index in [0.29, 0.717) is 0 Å². The summed E-state index contributed by atoms with van der Waals surface area (Å²) in [6.45, 7) is 0. The first kappa shape index (κ1) is 23.3. The summed E-state index contributed by atoms with van der Waals surface area (Å²) >= 11 is 0. The van der Waals surface area contributed by atoms with E-state index in [9.17, 15) is 0 Å². The lowest BCUT2D eigenvalue weighted by molar-refractivity contribution is 1.27. The van der Waals surface area contributed by atoms with Crippen LogP contribution in [-0.4, -0.2) is 0 Å². The fourth-order valence-corrected chi connectivity index (χ4v) is 5.92. The Morgan fingerprint density at radius 2 is 1.36 bits per heavy atom. The molecule has 5 aromatic carbocycles. The number of rotatable bonds is 5. The molecule has 0 aromatic heterocycles. The van der Waals surface area contributed by atoms with Gasteiger partial charge in [0.1, 0.15) is 0 Å². The molecule has 2 aliphatic carbocycles. The van der Waals surface area contributed by atoms with Gasteiger partial charge in [0.2, 0.25) is 0 Å². The third-order valence-corrected chi connectivity index (χ3v) is 7.93. The Bertz CT molecular complexity index is 1820. The lowest BCUT2D eigenvalue weighted by atomic mass is 9.94. The topological polar surface area (TPSA) is 26.0 Å². The standard InChI is InChI=1S/C38H29N/c39-37-17-4-1-9-30(37)12-5-8-26-18-20-28(21-19-26)27-10-6-11-29(23-22-27)31-24-25-36-33-14-3-2-13-32(33)35-16-7-15-34(31)38(35)36/h1-7,9,11-25H,8,10,39H2/b12-5-. The molecule has 2 aliphatic rings. The average molecular weight is 500 g/mol. The zero-order valence-corrected chi connectivity index (χ0v) is 21.8. The normalized spacial score (nSPS) is 13.8. The number of para-hydroxylation sites is 1. The minimum absolute atomic E-state index is 0.812. The highest BCUT2D eigenvalue weighted by Gasteiger charge is 2.22. The van der Waals surface area contributed by atoms with E-state index in [4.69, 9.17) is 5.73 Å². The summed E-state index contributed by atoms with van der Waals surface area (Å²) in [7, 11) is 0. The molecule has 0 atom stereocenters. The molecule has 0 amide bonds. The average Bonchev–Trinajstić information content (AvgIpc) is 3.12. The largest absolute Gasteiger partial charge is 0.398 e. The first-order valence-electron chi connectivity index (χ1n) is 13.6. The molecule has 0 fully saturated rings. The predicted molar refractivity (Wildman–Crippen MR) is 168 cm³/mol. The second-order valence-corrected chi connectivity index (χ2v) is 10.3. The van der Waals surface area contributed by atoms with E-state index in [-0.39, 0.29) is 0 Å². The molecule has 186 valence electrons. The van der Waals surface area contributed by atoms with Gasteiger partial charge >= 0.3 is 0 Å². The molecule has 1 nitrogen and oxygen atoms in total. The van der Waals surface area contributed by atoms with Crippen LogP contribution in [0, 0.1) is 0 Å². The summed E-state index contributed by atoms with van der Waals surface area (Å²) in [6.07, 6.45) is 15.2. The smallest absolute Gasteiger partial charge is 0.0387 e. The Hall–Kier alpha value is -4.88. The van der Waals surface area contributed by atoms with Crippen LogP contribution in [-0.2, 0) is 6.42 Å². The van der Waals surface area contributed by atoms with Gasteiger partial charge in [0.05, 0.1) is 0 Å². The Kier molecular flexibility index (Phi) is 5.83. The van der Waals surface area contributed by atoms with Gasteiger partial charge in [-0.15, -0.1) is 0 Å². The van der Waals surface area contributed by atoms with Crippen molar-refractivity contribution in [3.63, 3.8) is 0 Å². The van der Waals surface area contributed by atoms with Gasteiger partial charge in [-0.05, 0) is 85.3 Å². The third kappa shape index (κ3) is 4.23. The molecular weight excluding hydrogens is 470 g/mol. The van der Waals surface area contributed by atoms with Crippen LogP contribution >= 0.6 is 0 Å². The van der Waals surface area contributed by atoms with Crippen molar-refractivity contribution in [1.82, 2.24) is 0 Å². The summed E-state index contributed by atoms with van der Waals surface area (Å²) in [6, 6.07) is 37.0. The number of anilines is 1. The van der Waals surface area contributed by atoms with Crippen LogP contribution in [0.5, 0.6) is 0 Å². The van der Waals surface area contributed by atoms with Gasteiger partial charge < -0.3 is 5.73 Å². The van der Waals surface area contributed by atoms with Gasteiger partial charge in [-0.2, -0.15) is 0 Å². The lowest BCUT2D eigenvalue weighted by Gasteiger charge is -2.10. The molecule has 0 saturated carbocycles. The molecule has 0 heterocycles. The minimum Gasteiger partial charge on any atom is -0.398 e.